The zero-order chi connectivity index (χ0) is 12.5. The molecule has 0 aliphatic rings. The van der Waals surface area contributed by atoms with Crippen molar-refractivity contribution < 1.29 is 18.1 Å². The van der Waals surface area contributed by atoms with Gasteiger partial charge in [0.25, 0.3) is 5.69 Å². The molecule has 88 valence electrons. The number of halogens is 4. The predicted molar refractivity (Wildman–Crippen MR) is 57.4 cm³/mol. The van der Waals surface area contributed by atoms with Crippen molar-refractivity contribution in [2.45, 2.75) is 17.3 Å². The summed E-state index contributed by atoms with van der Waals surface area (Å²) in [4.78, 5) is 9.39. The minimum Gasteiger partial charge on any atom is -0.258 e. The van der Waals surface area contributed by atoms with Gasteiger partial charge in [-0.25, -0.2) is 0 Å². The second-order valence-electron chi connectivity index (χ2n) is 2.90. The van der Waals surface area contributed by atoms with Crippen LogP contribution in [0.3, 0.4) is 0 Å². The van der Waals surface area contributed by atoms with Gasteiger partial charge >= 0.3 is 5.51 Å². The Balaban J connectivity index is 3.30. The van der Waals surface area contributed by atoms with Gasteiger partial charge in [-0.1, -0.05) is 0 Å². The maximum absolute atomic E-state index is 12.2. The standard InChI is InChI=1S/C8H5BrF3NO2S/c1-4-2-5(9)7(13(14)15)6(3-4)16-8(10,11)12/h2-3H,1H3. The van der Waals surface area contributed by atoms with Crippen LogP contribution in [-0.2, 0) is 0 Å². The number of benzene rings is 1. The molecule has 1 aromatic rings. The number of rotatable bonds is 2. The summed E-state index contributed by atoms with van der Waals surface area (Å²) < 4.78 is 36.6. The molecule has 1 rings (SSSR count). The van der Waals surface area contributed by atoms with Crippen LogP contribution in [-0.4, -0.2) is 10.4 Å². The molecular formula is C8H5BrF3NO2S. The lowest BCUT2D eigenvalue weighted by molar-refractivity contribution is -0.388. The molecule has 16 heavy (non-hydrogen) atoms. The van der Waals surface area contributed by atoms with Gasteiger partial charge in [-0.2, -0.15) is 13.2 Å². The Hall–Kier alpha value is -0.760. The first-order valence-corrected chi connectivity index (χ1v) is 5.52. The Morgan fingerprint density at radius 2 is 2.00 bits per heavy atom. The van der Waals surface area contributed by atoms with Crippen LogP contribution in [0.2, 0.25) is 0 Å². The van der Waals surface area contributed by atoms with Gasteiger partial charge in [0.15, 0.2) is 0 Å². The molecule has 0 unspecified atom stereocenters. The molecule has 0 fully saturated rings. The van der Waals surface area contributed by atoms with E-state index in [0.29, 0.717) is 5.56 Å². The average molecular weight is 316 g/mol. The normalized spacial score (nSPS) is 11.6. The van der Waals surface area contributed by atoms with Crippen molar-refractivity contribution in [2.24, 2.45) is 0 Å². The monoisotopic (exact) mass is 315 g/mol. The lowest BCUT2D eigenvalue weighted by Gasteiger charge is -2.08. The van der Waals surface area contributed by atoms with Gasteiger partial charge in [-0.05, 0) is 52.3 Å². The molecule has 0 aromatic heterocycles. The summed E-state index contributed by atoms with van der Waals surface area (Å²) in [6.45, 7) is 1.56. The van der Waals surface area contributed by atoms with Crippen molar-refractivity contribution in [3.8, 4) is 0 Å². The first kappa shape index (κ1) is 13.3. The minimum atomic E-state index is -4.54. The quantitative estimate of drug-likeness (QED) is 0.465. The van der Waals surface area contributed by atoms with Gasteiger partial charge in [0, 0.05) is 0 Å². The van der Waals surface area contributed by atoms with Crippen LogP contribution in [0.1, 0.15) is 5.56 Å². The van der Waals surface area contributed by atoms with Crippen LogP contribution in [0, 0.1) is 17.0 Å². The molecular weight excluding hydrogens is 311 g/mol. The summed E-state index contributed by atoms with van der Waals surface area (Å²) in [5.41, 5.74) is -4.59. The molecule has 0 atom stereocenters. The summed E-state index contributed by atoms with van der Waals surface area (Å²) in [6, 6.07) is 2.54. The van der Waals surface area contributed by atoms with Crippen LogP contribution >= 0.6 is 27.7 Å². The fraction of sp³-hybridized carbons (Fsp3) is 0.250. The van der Waals surface area contributed by atoms with E-state index in [-0.39, 0.29) is 4.47 Å². The molecule has 0 N–H and O–H groups in total. The third kappa shape index (κ3) is 3.38. The van der Waals surface area contributed by atoms with Gasteiger partial charge in [-0.15, -0.1) is 0 Å². The minimum absolute atomic E-state index is 0.0456. The molecule has 0 bridgehead atoms. The fourth-order valence-electron chi connectivity index (χ4n) is 1.08. The first-order valence-electron chi connectivity index (χ1n) is 3.91. The lowest BCUT2D eigenvalue weighted by atomic mass is 10.2. The molecule has 8 heteroatoms. The van der Waals surface area contributed by atoms with Gasteiger partial charge in [0.1, 0.15) is 0 Å². The molecule has 0 amide bonds. The SMILES string of the molecule is Cc1cc(Br)c([N+](=O)[O-])c(SC(F)(F)F)c1. The third-order valence-electron chi connectivity index (χ3n) is 1.58. The Morgan fingerprint density at radius 1 is 1.44 bits per heavy atom. The van der Waals surface area contributed by atoms with E-state index in [1.54, 1.807) is 6.92 Å². The number of nitro benzene ring substituents is 1. The zero-order valence-electron chi connectivity index (χ0n) is 7.84. The smallest absolute Gasteiger partial charge is 0.258 e. The van der Waals surface area contributed by atoms with Crippen molar-refractivity contribution in [1.82, 2.24) is 0 Å². The maximum Gasteiger partial charge on any atom is 0.446 e. The maximum atomic E-state index is 12.2. The number of alkyl halides is 3. The van der Waals surface area contributed by atoms with Crippen LogP contribution in [0.5, 0.6) is 0 Å². The van der Waals surface area contributed by atoms with Crippen molar-refractivity contribution >= 4 is 33.4 Å². The van der Waals surface area contributed by atoms with E-state index in [1.807, 2.05) is 0 Å². The zero-order valence-corrected chi connectivity index (χ0v) is 10.2. The lowest BCUT2D eigenvalue weighted by Crippen LogP contribution is -2.02. The highest BCUT2D eigenvalue weighted by atomic mass is 79.9. The van der Waals surface area contributed by atoms with Gasteiger partial charge < -0.3 is 0 Å². The van der Waals surface area contributed by atoms with E-state index in [0.717, 1.165) is 6.07 Å². The van der Waals surface area contributed by atoms with E-state index in [9.17, 15) is 23.3 Å². The molecule has 0 saturated heterocycles. The molecule has 0 saturated carbocycles. The number of aryl methyl sites for hydroxylation is 1. The highest BCUT2D eigenvalue weighted by molar-refractivity contribution is 9.10. The number of hydrogen-bond acceptors (Lipinski definition) is 3. The molecule has 0 heterocycles. The predicted octanol–water partition coefficient (Wildman–Crippen LogP) is 4.28. The topological polar surface area (TPSA) is 43.1 Å². The first-order chi connectivity index (χ1) is 7.20. The highest BCUT2D eigenvalue weighted by Crippen LogP contribution is 2.44. The van der Waals surface area contributed by atoms with E-state index in [2.05, 4.69) is 15.9 Å². The van der Waals surface area contributed by atoms with E-state index in [4.69, 9.17) is 0 Å². The second kappa shape index (κ2) is 4.62. The van der Waals surface area contributed by atoms with Gasteiger partial charge in [-0.3, -0.25) is 10.1 Å². The van der Waals surface area contributed by atoms with Gasteiger partial charge in [0.2, 0.25) is 0 Å². The third-order valence-corrected chi connectivity index (χ3v) is 2.95. The van der Waals surface area contributed by atoms with Gasteiger partial charge in [0.05, 0.1) is 14.3 Å². The number of thioether (sulfide) groups is 1. The van der Waals surface area contributed by atoms with Crippen LogP contribution in [0.4, 0.5) is 18.9 Å². The summed E-state index contributed by atoms with van der Waals surface area (Å²) in [6.07, 6.45) is 0. The van der Waals surface area contributed by atoms with E-state index < -0.39 is 32.8 Å². The number of nitrogens with zero attached hydrogens (tertiary/aromatic N) is 1. The van der Waals surface area contributed by atoms with Crippen molar-refractivity contribution in [3.05, 3.63) is 32.3 Å². The van der Waals surface area contributed by atoms with Crippen LogP contribution in [0.25, 0.3) is 0 Å². The van der Waals surface area contributed by atoms with E-state index in [1.165, 1.54) is 6.07 Å². The van der Waals surface area contributed by atoms with Crippen LogP contribution in [0.15, 0.2) is 21.5 Å². The van der Waals surface area contributed by atoms with Crippen molar-refractivity contribution in [2.75, 3.05) is 0 Å². The molecule has 0 aliphatic carbocycles. The average Bonchev–Trinajstić information content (AvgIpc) is 1.96. The molecule has 1 aromatic carbocycles. The highest BCUT2D eigenvalue weighted by Gasteiger charge is 2.34. The van der Waals surface area contributed by atoms with Crippen molar-refractivity contribution in [1.29, 1.82) is 0 Å². The summed E-state index contributed by atoms with van der Waals surface area (Å²) in [5.74, 6) is 0. The summed E-state index contributed by atoms with van der Waals surface area (Å²) in [5, 5.41) is 10.6. The van der Waals surface area contributed by atoms with E-state index >= 15 is 0 Å². The fourth-order valence-corrected chi connectivity index (χ4v) is 2.71. The number of hydrogen-bond donors (Lipinski definition) is 0. The Kier molecular flexibility index (Phi) is 3.84. The molecule has 3 nitrogen and oxygen atoms in total. The Bertz CT molecular complexity index is 436. The summed E-state index contributed by atoms with van der Waals surface area (Å²) >= 11 is 2.40. The summed E-state index contributed by atoms with van der Waals surface area (Å²) in [7, 11) is 0. The van der Waals surface area contributed by atoms with Crippen molar-refractivity contribution in [3.63, 3.8) is 0 Å². The molecule has 0 spiro atoms. The van der Waals surface area contributed by atoms with Crippen LogP contribution < -0.4 is 0 Å². The molecule has 0 radical (unpaired) electrons. The number of nitro groups is 1. The Labute approximate surface area is 101 Å². The molecule has 0 aliphatic heterocycles. The second-order valence-corrected chi connectivity index (χ2v) is 4.86. The largest absolute Gasteiger partial charge is 0.446 e. The Morgan fingerprint density at radius 3 is 2.44 bits per heavy atom.